The minimum absolute atomic E-state index is 0.00369. The summed E-state index contributed by atoms with van der Waals surface area (Å²) in [5, 5.41) is 18.7. The second kappa shape index (κ2) is 9.27. The van der Waals surface area contributed by atoms with Crippen LogP contribution in [0, 0.1) is 5.92 Å². The highest BCUT2D eigenvalue weighted by atomic mass is 16.5. The lowest BCUT2D eigenvalue weighted by atomic mass is 10.0. The Labute approximate surface area is 126 Å². The van der Waals surface area contributed by atoms with E-state index in [-0.39, 0.29) is 23.9 Å². The van der Waals surface area contributed by atoms with Gasteiger partial charge < -0.3 is 14.9 Å². The monoisotopic (exact) mass is 294 g/mol. The summed E-state index contributed by atoms with van der Waals surface area (Å²) in [6.07, 6.45) is 5.15. The molecule has 4 heteroatoms. The van der Waals surface area contributed by atoms with Gasteiger partial charge in [-0.25, -0.2) is 0 Å². The van der Waals surface area contributed by atoms with Gasteiger partial charge in [-0.1, -0.05) is 33.1 Å². The van der Waals surface area contributed by atoms with Gasteiger partial charge in [0.2, 0.25) is 0 Å². The molecule has 118 valence electrons. The zero-order valence-electron chi connectivity index (χ0n) is 13.0. The molecule has 0 radical (unpaired) electrons. The van der Waals surface area contributed by atoms with Crippen molar-refractivity contribution in [1.82, 2.24) is 0 Å². The lowest BCUT2D eigenvalue weighted by Crippen LogP contribution is -2.14. The Morgan fingerprint density at radius 2 is 1.86 bits per heavy atom. The fourth-order valence-corrected chi connectivity index (χ4v) is 2.23. The molecule has 0 aliphatic heterocycles. The van der Waals surface area contributed by atoms with Crippen molar-refractivity contribution in [3.8, 4) is 11.5 Å². The van der Waals surface area contributed by atoms with Crippen molar-refractivity contribution < 1.29 is 19.7 Å². The van der Waals surface area contributed by atoms with Crippen LogP contribution in [0.2, 0.25) is 0 Å². The van der Waals surface area contributed by atoms with Crippen LogP contribution >= 0.6 is 0 Å². The van der Waals surface area contributed by atoms with E-state index in [9.17, 15) is 15.0 Å². The molecule has 0 heterocycles. The molecule has 1 aromatic carbocycles. The van der Waals surface area contributed by atoms with Crippen molar-refractivity contribution in [1.29, 1.82) is 0 Å². The molecule has 1 rings (SSSR count). The van der Waals surface area contributed by atoms with Gasteiger partial charge in [-0.15, -0.1) is 0 Å². The third-order valence-corrected chi connectivity index (χ3v) is 3.60. The summed E-state index contributed by atoms with van der Waals surface area (Å²) in [5.41, 5.74) is 0.725. The molecule has 0 spiro atoms. The number of benzene rings is 1. The van der Waals surface area contributed by atoms with Crippen LogP contribution in [0.3, 0.4) is 0 Å². The first-order chi connectivity index (χ1) is 10.0. The molecular formula is C17H26O4. The van der Waals surface area contributed by atoms with Crippen LogP contribution in [0.15, 0.2) is 18.2 Å². The fraction of sp³-hybridized carbons (Fsp3) is 0.588. The molecule has 0 aliphatic carbocycles. The van der Waals surface area contributed by atoms with E-state index in [2.05, 4.69) is 13.8 Å². The molecular weight excluding hydrogens is 268 g/mol. The molecule has 1 aromatic rings. The van der Waals surface area contributed by atoms with Gasteiger partial charge in [0.1, 0.15) is 11.5 Å². The van der Waals surface area contributed by atoms with Crippen LogP contribution < -0.4 is 0 Å². The molecule has 0 fully saturated rings. The molecule has 0 bridgehead atoms. The van der Waals surface area contributed by atoms with Crippen LogP contribution in [0.4, 0.5) is 0 Å². The van der Waals surface area contributed by atoms with E-state index in [1.165, 1.54) is 12.5 Å². The number of aryl methyl sites for hydroxylation is 1. The summed E-state index contributed by atoms with van der Waals surface area (Å²) in [6.45, 7) is 4.76. The molecule has 21 heavy (non-hydrogen) atoms. The lowest BCUT2D eigenvalue weighted by Gasteiger charge is -2.14. The minimum Gasteiger partial charge on any atom is -0.508 e. The SMILES string of the molecule is CCCCC(CC)COC(=O)CCc1cc(O)cc(O)c1. The van der Waals surface area contributed by atoms with Crippen molar-refractivity contribution in [2.45, 2.75) is 52.4 Å². The third kappa shape index (κ3) is 7.02. The van der Waals surface area contributed by atoms with Gasteiger partial charge in [0.05, 0.1) is 6.61 Å². The van der Waals surface area contributed by atoms with E-state index in [0.717, 1.165) is 24.8 Å². The Morgan fingerprint density at radius 1 is 1.19 bits per heavy atom. The smallest absolute Gasteiger partial charge is 0.306 e. The number of ether oxygens (including phenoxy) is 1. The summed E-state index contributed by atoms with van der Waals surface area (Å²) in [7, 11) is 0. The number of hydrogen-bond donors (Lipinski definition) is 2. The normalized spacial score (nSPS) is 12.1. The standard InChI is InChI=1S/C17H26O4/c1-3-5-6-13(4-2)12-21-17(20)8-7-14-9-15(18)11-16(19)10-14/h9-11,13,18-19H,3-8,12H2,1-2H3. The molecule has 0 aliphatic rings. The number of phenolic OH excluding ortho intramolecular Hbond substituents is 2. The predicted octanol–water partition coefficient (Wildman–Crippen LogP) is 3.79. The Kier molecular flexibility index (Phi) is 7.65. The highest BCUT2D eigenvalue weighted by molar-refractivity contribution is 5.69. The Morgan fingerprint density at radius 3 is 2.43 bits per heavy atom. The van der Waals surface area contributed by atoms with Crippen LogP contribution in [0.5, 0.6) is 11.5 Å². The third-order valence-electron chi connectivity index (χ3n) is 3.60. The van der Waals surface area contributed by atoms with Gasteiger partial charge in [0.25, 0.3) is 0 Å². The highest BCUT2D eigenvalue weighted by Crippen LogP contribution is 2.21. The number of unbranched alkanes of at least 4 members (excludes halogenated alkanes) is 1. The first-order valence-corrected chi connectivity index (χ1v) is 7.72. The quantitative estimate of drug-likeness (QED) is 0.680. The number of esters is 1. The van der Waals surface area contributed by atoms with Crippen LogP contribution in [0.25, 0.3) is 0 Å². The Bertz CT molecular complexity index is 422. The Balaban J connectivity index is 2.33. The van der Waals surface area contributed by atoms with Gasteiger partial charge in [-0.05, 0) is 36.5 Å². The molecule has 2 N–H and O–H groups in total. The number of carbonyl (C=O) groups is 1. The number of hydrogen-bond acceptors (Lipinski definition) is 4. The van der Waals surface area contributed by atoms with Gasteiger partial charge in [-0.2, -0.15) is 0 Å². The maximum absolute atomic E-state index is 11.7. The molecule has 1 unspecified atom stereocenters. The van der Waals surface area contributed by atoms with Gasteiger partial charge in [0, 0.05) is 12.5 Å². The molecule has 0 saturated heterocycles. The van der Waals surface area contributed by atoms with Gasteiger partial charge in [-0.3, -0.25) is 4.79 Å². The topological polar surface area (TPSA) is 66.8 Å². The first kappa shape index (κ1) is 17.3. The van der Waals surface area contributed by atoms with E-state index in [1.54, 1.807) is 12.1 Å². The predicted molar refractivity (Wildman–Crippen MR) is 82.4 cm³/mol. The van der Waals surface area contributed by atoms with Crippen LogP contribution in [0.1, 0.15) is 51.5 Å². The van der Waals surface area contributed by atoms with E-state index >= 15 is 0 Å². The van der Waals surface area contributed by atoms with Crippen LogP contribution in [-0.2, 0) is 16.0 Å². The second-order valence-electron chi connectivity index (χ2n) is 5.46. The average Bonchev–Trinajstić information content (AvgIpc) is 2.44. The summed E-state index contributed by atoms with van der Waals surface area (Å²) < 4.78 is 5.31. The molecule has 0 aromatic heterocycles. The maximum Gasteiger partial charge on any atom is 0.306 e. The highest BCUT2D eigenvalue weighted by Gasteiger charge is 2.10. The van der Waals surface area contributed by atoms with E-state index < -0.39 is 0 Å². The minimum atomic E-state index is -0.229. The average molecular weight is 294 g/mol. The van der Waals surface area contributed by atoms with Crippen molar-refractivity contribution in [2.75, 3.05) is 6.61 Å². The van der Waals surface area contributed by atoms with Gasteiger partial charge >= 0.3 is 5.97 Å². The van der Waals surface area contributed by atoms with Crippen molar-refractivity contribution >= 4 is 5.97 Å². The number of carbonyl (C=O) groups excluding carboxylic acids is 1. The molecule has 0 saturated carbocycles. The number of aromatic hydroxyl groups is 2. The lowest BCUT2D eigenvalue weighted by molar-refractivity contribution is -0.145. The number of rotatable bonds is 9. The van der Waals surface area contributed by atoms with E-state index in [1.807, 2.05) is 0 Å². The van der Waals surface area contributed by atoms with E-state index in [0.29, 0.717) is 18.9 Å². The van der Waals surface area contributed by atoms with E-state index in [4.69, 9.17) is 4.74 Å². The van der Waals surface area contributed by atoms with Gasteiger partial charge in [0.15, 0.2) is 0 Å². The Hall–Kier alpha value is -1.71. The van der Waals surface area contributed by atoms with Crippen LogP contribution in [-0.4, -0.2) is 22.8 Å². The summed E-state index contributed by atoms with van der Waals surface area (Å²) in [5.74, 6) is 0.222. The first-order valence-electron chi connectivity index (χ1n) is 7.72. The summed E-state index contributed by atoms with van der Waals surface area (Å²) >= 11 is 0. The molecule has 4 nitrogen and oxygen atoms in total. The molecule has 0 amide bonds. The summed E-state index contributed by atoms with van der Waals surface area (Å²) in [4.78, 5) is 11.7. The maximum atomic E-state index is 11.7. The number of phenols is 2. The van der Waals surface area contributed by atoms with Crippen molar-refractivity contribution in [2.24, 2.45) is 5.92 Å². The van der Waals surface area contributed by atoms with Crippen molar-refractivity contribution in [3.05, 3.63) is 23.8 Å². The zero-order valence-corrected chi connectivity index (χ0v) is 13.0. The largest absolute Gasteiger partial charge is 0.508 e. The summed E-state index contributed by atoms with van der Waals surface area (Å²) in [6, 6.07) is 4.35. The molecule has 1 atom stereocenters. The second-order valence-corrected chi connectivity index (χ2v) is 5.46. The van der Waals surface area contributed by atoms with Crippen molar-refractivity contribution in [3.63, 3.8) is 0 Å². The zero-order chi connectivity index (χ0) is 15.7. The fourth-order valence-electron chi connectivity index (χ4n) is 2.23.